The van der Waals surface area contributed by atoms with Gasteiger partial charge in [0, 0.05) is 29.9 Å². The van der Waals surface area contributed by atoms with E-state index in [0.29, 0.717) is 18.1 Å². The molecule has 0 bridgehead atoms. The van der Waals surface area contributed by atoms with Crippen LogP contribution in [0.2, 0.25) is 0 Å². The second kappa shape index (κ2) is 8.43. The molecule has 3 N–H and O–H groups in total. The fraction of sp³-hybridized carbons (Fsp3) is 0.500. The Kier molecular flexibility index (Phi) is 6.01. The number of pyridine rings is 1. The average molecular weight is 368 g/mol. The molecule has 7 heteroatoms. The van der Waals surface area contributed by atoms with Crippen LogP contribution in [0.5, 0.6) is 0 Å². The number of carbonyl (C=O) groups is 1. The fourth-order valence-electron chi connectivity index (χ4n) is 3.08. The number of rotatable bonds is 6. The average Bonchev–Trinajstić information content (AvgIpc) is 2.68. The summed E-state index contributed by atoms with van der Waals surface area (Å²) in [6.45, 7) is 8.87. The molecular weight excluding hydrogens is 340 g/mol. The molecule has 0 unspecified atom stereocenters. The molecule has 0 aliphatic carbocycles. The Morgan fingerprint density at radius 2 is 2.00 bits per heavy atom. The molecule has 2 aromatic heterocycles. The largest absolute Gasteiger partial charge is 0.368 e. The van der Waals surface area contributed by atoms with Crippen molar-refractivity contribution in [1.29, 1.82) is 0 Å². The number of aromatic nitrogens is 3. The van der Waals surface area contributed by atoms with Gasteiger partial charge in [-0.15, -0.1) is 10.2 Å². The van der Waals surface area contributed by atoms with Crippen LogP contribution in [-0.2, 0) is 5.41 Å². The van der Waals surface area contributed by atoms with Crippen molar-refractivity contribution in [2.45, 2.75) is 45.1 Å². The third kappa shape index (κ3) is 5.23. The lowest BCUT2D eigenvalue weighted by Gasteiger charge is -2.25. The molecule has 1 aliphatic rings. The zero-order valence-corrected chi connectivity index (χ0v) is 16.2. The summed E-state index contributed by atoms with van der Waals surface area (Å²) in [5, 5.41) is 17.8. The van der Waals surface area contributed by atoms with Gasteiger partial charge in [-0.05, 0) is 62.7 Å². The molecule has 1 fully saturated rings. The summed E-state index contributed by atoms with van der Waals surface area (Å²) >= 11 is 0. The predicted octanol–water partition coefficient (Wildman–Crippen LogP) is 2.05. The smallest absolute Gasteiger partial charge is 0.272 e. The van der Waals surface area contributed by atoms with Crippen molar-refractivity contribution < 1.29 is 4.79 Å². The van der Waals surface area contributed by atoms with Gasteiger partial charge < -0.3 is 16.0 Å². The molecule has 0 radical (unpaired) electrons. The molecule has 144 valence electrons. The molecule has 0 atom stereocenters. The van der Waals surface area contributed by atoms with Gasteiger partial charge in [0.05, 0.1) is 0 Å². The van der Waals surface area contributed by atoms with Gasteiger partial charge in [-0.3, -0.25) is 9.78 Å². The fourth-order valence-corrected chi connectivity index (χ4v) is 3.08. The van der Waals surface area contributed by atoms with Gasteiger partial charge in [-0.2, -0.15) is 0 Å². The lowest BCUT2D eigenvalue weighted by atomic mass is 9.88. The van der Waals surface area contributed by atoms with E-state index in [9.17, 15) is 4.79 Å². The Bertz CT molecular complexity index is 768. The highest BCUT2D eigenvalue weighted by atomic mass is 16.2. The van der Waals surface area contributed by atoms with E-state index in [1.165, 1.54) is 5.56 Å². The minimum absolute atomic E-state index is 0.154. The first kappa shape index (κ1) is 19.2. The van der Waals surface area contributed by atoms with Crippen LogP contribution in [-0.4, -0.2) is 46.8 Å². The number of amides is 1. The predicted molar refractivity (Wildman–Crippen MR) is 106 cm³/mol. The standard InChI is InChI=1S/C20H28N6O/c1-14-6-11-22-17(12-14)20(2,3)13-23-18-5-4-16(25-26-18)19(27)24-15-7-9-21-10-8-15/h4-6,11-12,15,21H,7-10,13H2,1-3H3,(H,23,26)(H,24,27). The lowest BCUT2D eigenvalue weighted by Crippen LogP contribution is -2.43. The summed E-state index contributed by atoms with van der Waals surface area (Å²) in [4.78, 5) is 16.8. The van der Waals surface area contributed by atoms with Gasteiger partial charge in [-0.25, -0.2) is 0 Å². The number of nitrogens with one attached hydrogen (secondary N) is 3. The normalized spacial score (nSPS) is 15.4. The van der Waals surface area contributed by atoms with Crippen LogP contribution in [0.3, 0.4) is 0 Å². The summed E-state index contributed by atoms with van der Waals surface area (Å²) in [7, 11) is 0. The van der Waals surface area contributed by atoms with E-state index in [1.54, 1.807) is 12.1 Å². The molecule has 7 nitrogen and oxygen atoms in total. The Morgan fingerprint density at radius 1 is 1.22 bits per heavy atom. The first-order valence-electron chi connectivity index (χ1n) is 9.46. The lowest BCUT2D eigenvalue weighted by molar-refractivity contribution is 0.0923. The van der Waals surface area contributed by atoms with Crippen molar-refractivity contribution in [3.05, 3.63) is 47.4 Å². The van der Waals surface area contributed by atoms with Gasteiger partial charge >= 0.3 is 0 Å². The first-order chi connectivity index (χ1) is 12.9. The third-order valence-electron chi connectivity index (χ3n) is 4.89. The Morgan fingerprint density at radius 3 is 2.67 bits per heavy atom. The van der Waals surface area contributed by atoms with E-state index in [0.717, 1.165) is 31.6 Å². The molecule has 1 amide bonds. The maximum Gasteiger partial charge on any atom is 0.272 e. The molecule has 2 aromatic rings. The van der Waals surface area contributed by atoms with Crippen LogP contribution in [0.4, 0.5) is 5.82 Å². The zero-order valence-electron chi connectivity index (χ0n) is 16.2. The number of nitrogens with zero attached hydrogens (tertiary/aromatic N) is 3. The summed E-state index contributed by atoms with van der Waals surface area (Å²) in [5.41, 5.74) is 2.41. The highest BCUT2D eigenvalue weighted by molar-refractivity contribution is 5.92. The van der Waals surface area contributed by atoms with E-state index >= 15 is 0 Å². The molecule has 1 aliphatic heterocycles. The van der Waals surface area contributed by atoms with Gasteiger partial charge in [0.2, 0.25) is 0 Å². The topological polar surface area (TPSA) is 91.8 Å². The van der Waals surface area contributed by atoms with Crippen molar-refractivity contribution in [2.24, 2.45) is 0 Å². The van der Waals surface area contributed by atoms with E-state index in [1.807, 2.05) is 12.3 Å². The second-order valence-electron chi connectivity index (χ2n) is 7.76. The Balaban J connectivity index is 1.56. The first-order valence-corrected chi connectivity index (χ1v) is 9.46. The van der Waals surface area contributed by atoms with Crippen molar-refractivity contribution in [3.63, 3.8) is 0 Å². The van der Waals surface area contributed by atoms with Gasteiger partial charge in [-0.1, -0.05) is 13.8 Å². The highest BCUT2D eigenvalue weighted by Gasteiger charge is 2.22. The Hall–Kier alpha value is -2.54. The van der Waals surface area contributed by atoms with E-state index in [2.05, 4.69) is 58.0 Å². The molecule has 3 heterocycles. The molecule has 27 heavy (non-hydrogen) atoms. The zero-order chi connectivity index (χ0) is 19.3. The number of piperidine rings is 1. The van der Waals surface area contributed by atoms with Crippen LogP contribution in [0, 0.1) is 6.92 Å². The molecule has 3 rings (SSSR count). The quantitative estimate of drug-likeness (QED) is 0.723. The highest BCUT2D eigenvalue weighted by Crippen LogP contribution is 2.22. The molecular formula is C20H28N6O. The van der Waals surface area contributed by atoms with Gasteiger partial charge in [0.15, 0.2) is 5.69 Å². The van der Waals surface area contributed by atoms with E-state index < -0.39 is 0 Å². The molecule has 0 aromatic carbocycles. The Labute approximate surface area is 160 Å². The number of hydrogen-bond donors (Lipinski definition) is 3. The van der Waals surface area contributed by atoms with Crippen molar-refractivity contribution >= 4 is 11.7 Å². The minimum atomic E-state index is -0.162. The van der Waals surface area contributed by atoms with E-state index in [-0.39, 0.29) is 17.4 Å². The van der Waals surface area contributed by atoms with Crippen LogP contribution in [0.1, 0.15) is 48.4 Å². The summed E-state index contributed by atoms with van der Waals surface area (Å²) in [5.74, 6) is 0.486. The number of hydrogen-bond acceptors (Lipinski definition) is 6. The number of anilines is 1. The van der Waals surface area contributed by atoms with Crippen LogP contribution >= 0.6 is 0 Å². The SMILES string of the molecule is Cc1ccnc(C(C)(C)CNc2ccc(C(=O)NC3CCNCC3)nn2)c1. The molecule has 0 spiro atoms. The van der Waals surface area contributed by atoms with Crippen LogP contribution < -0.4 is 16.0 Å². The maximum absolute atomic E-state index is 12.3. The number of aryl methyl sites for hydroxylation is 1. The maximum atomic E-state index is 12.3. The third-order valence-corrected chi connectivity index (χ3v) is 4.89. The van der Waals surface area contributed by atoms with Crippen molar-refractivity contribution in [3.8, 4) is 0 Å². The molecule has 0 saturated carbocycles. The van der Waals surface area contributed by atoms with Crippen LogP contribution in [0.25, 0.3) is 0 Å². The minimum Gasteiger partial charge on any atom is -0.368 e. The summed E-state index contributed by atoms with van der Waals surface area (Å²) in [6, 6.07) is 7.81. The van der Waals surface area contributed by atoms with Gasteiger partial charge in [0.25, 0.3) is 5.91 Å². The second-order valence-corrected chi connectivity index (χ2v) is 7.76. The monoisotopic (exact) mass is 368 g/mol. The number of carbonyl (C=O) groups excluding carboxylic acids is 1. The van der Waals surface area contributed by atoms with Crippen molar-refractivity contribution in [1.82, 2.24) is 25.8 Å². The summed E-state index contributed by atoms with van der Waals surface area (Å²) < 4.78 is 0. The van der Waals surface area contributed by atoms with Crippen LogP contribution in [0.15, 0.2) is 30.5 Å². The molecule has 1 saturated heterocycles. The van der Waals surface area contributed by atoms with Crippen molar-refractivity contribution in [2.75, 3.05) is 25.0 Å². The van der Waals surface area contributed by atoms with E-state index in [4.69, 9.17) is 0 Å². The van der Waals surface area contributed by atoms with Gasteiger partial charge in [0.1, 0.15) is 5.82 Å². The summed E-state index contributed by atoms with van der Waals surface area (Å²) in [6.07, 6.45) is 3.73.